The van der Waals surface area contributed by atoms with Crippen molar-refractivity contribution in [3.8, 4) is 11.5 Å². The molecular formula is C49H46N2O7. The first-order valence-corrected chi connectivity index (χ1v) is 19.3. The Balaban J connectivity index is 1.27. The highest BCUT2D eigenvalue weighted by molar-refractivity contribution is 6.01. The smallest absolute Gasteiger partial charge is 0.339 e. The number of rotatable bonds is 17. The van der Waals surface area contributed by atoms with Crippen LogP contribution in [0.25, 0.3) is 21.5 Å². The molecule has 0 spiro atoms. The second-order valence-electron chi connectivity index (χ2n) is 14.4. The van der Waals surface area contributed by atoms with Crippen LogP contribution in [-0.2, 0) is 18.0 Å². The molecule has 0 aliphatic heterocycles. The quantitative estimate of drug-likeness (QED) is 0.0777. The van der Waals surface area contributed by atoms with Gasteiger partial charge in [0.05, 0.1) is 5.69 Å². The SMILES string of the molecule is COCCCNc1ccc(C(=O)O)c(OCc2ccc(N(c3ccc(C(C)C)cc3)c3ccc(C(=O)O)c(OCc4cccc5ccccc45)c3)c3ccccc23)c1. The van der Waals surface area contributed by atoms with Crippen LogP contribution in [0.15, 0.2) is 140 Å². The molecule has 9 nitrogen and oxygen atoms in total. The largest absolute Gasteiger partial charge is 0.488 e. The van der Waals surface area contributed by atoms with E-state index in [1.807, 2.05) is 78.9 Å². The Morgan fingerprint density at radius 1 is 0.638 bits per heavy atom. The molecule has 0 bridgehead atoms. The lowest BCUT2D eigenvalue weighted by Crippen LogP contribution is -2.13. The molecule has 58 heavy (non-hydrogen) atoms. The van der Waals surface area contributed by atoms with Gasteiger partial charge in [-0.05, 0) is 87.7 Å². The van der Waals surface area contributed by atoms with Gasteiger partial charge in [0.1, 0.15) is 35.8 Å². The van der Waals surface area contributed by atoms with E-state index in [1.54, 1.807) is 43.5 Å². The van der Waals surface area contributed by atoms with Crippen LogP contribution in [-0.4, -0.2) is 42.4 Å². The van der Waals surface area contributed by atoms with Gasteiger partial charge in [-0.2, -0.15) is 0 Å². The highest BCUT2D eigenvalue weighted by atomic mass is 16.5. The molecule has 0 fully saturated rings. The van der Waals surface area contributed by atoms with E-state index in [4.69, 9.17) is 14.2 Å². The zero-order valence-corrected chi connectivity index (χ0v) is 32.8. The molecular weight excluding hydrogens is 729 g/mol. The summed E-state index contributed by atoms with van der Waals surface area (Å²) in [7, 11) is 1.66. The maximum Gasteiger partial charge on any atom is 0.339 e. The minimum atomic E-state index is -1.08. The number of aromatic carboxylic acids is 2. The standard InChI is InChI=1S/C49H46N2O7/c1-32(2)33-16-20-38(21-17-33)51(39-22-24-44(49(54)55)47(29-39)58-30-35-12-8-11-34-10-4-5-13-40(34)35)45-25-18-36(41-14-6-7-15-42(41)45)31-57-46-28-37(50-26-9-27-56-3)19-23-43(46)48(52)53/h4-8,10-25,28-29,32,50H,9,26-27,30-31H2,1-3H3,(H,52,53)(H,54,55). The second-order valence-corrected chi connectivity index (χ2v) is 14.4. The Hall–Kier alpha value is -6.84. The summed E-state index contributed by atoms with van der Waals surface area (Å²) in [6.45, 7) is 5.89. The summed E-state index contributed by atoms with van der Waals surface area (Å²) >= 11 is 0. The van der Waals surface area contributed by atoms with Crippen LogP contribution < -0.4 is 19.7 Å². The van der Waals surface area contributed by atoms with Crippen LogP contribution in [0.1, 0.15) is 63.6 Å². The van der Waals surface area contributed by atoms with Crippen molar-refractivity contribution in [2.75, 3.05) is 30.5 Å². The normalized spacial score (nSPS) is 11.2. The molecule has 0 aliphatic carbocycles. The average Bonchev–Trinajstić information content (AvgIpc) is 3.24. The number of methoxy groups -OCH3 is 1. The molecule has 0 unspecified atom stereocenters. The van der Waals surface area contributed by atoms with Gasteiger partial charge in [-0.15, -0.1) is 0 Å². The number of carboxylic acid groups (broad SMARTS) is 2. The predicted molar refractivity (Wildman–Crippen MR) is 231 cm³/mol. The fourth-order valence-corrected chi connectivity index (χ4v) is 7.16. The molecule has 0 heterocycles. The van der Waals surface area contributed by atoms with Gasteiger partial charge in [0.15, 0.2) is 0 Å². The van der Waals surface area contributed by atoms with Crippen LogP contribution >= 0.6 is 0 Å². The number of hydrogen-bond donors (Lipinski definition) is 3. The number of carbonyl (C=O) groups is 2. The monoisotopic (exact) mass is 774 g/mol. The maximum atomic E-state index is 12.5. The van der Waals surface area contributed by atoms with Crippen molar-refractivity contribution in [3.05, 3.63) is 167 Å². The molecule has 7 aromatic carbocycles. The number of anilines is 4. The summed E-state index contributed by atoms with van der Waals surface area (Å²) in [5.74, 6) is -1.31. The van der Waals surface area contributed by atoms with Crippen molar-refractivity contribution < 1.29 is 34.0 Å². The highest BCUT2D eigenvalue weighted by Crippen LogP contribution is 2.42. The first-order valence-electron chi connectivity index (χ1n) is 19.3. The van der Waals surface area contributed by atoms with E-state index in [9.17, 15) is 19.8 Å². The Kier molecular flexibility index (Phi) is 12.2. The third kappa shape index (κ3) is 8.75. The Bertz CT molecular complexity index is 2560. The van der Waals surface area contributed by atoms with E-state index in [0.717, 1.165) is 56.2 Å². The zero-order valence-electron chi connectivity index (χ0n) is 32.8. The van der Waals surface area contributed by atoms with Crippen molar-refractivity contribution in [2.24, 2.45) is 0 Å². The molecule has 0 amide bonds. The van der Waals surface area contributed by atoms with Gasteiger partial charge < -0.3 is 34.6 Å². The summed E-state index contributed by atoms with van der Waals surface area (Å²) < 4.78 is 17.8. The lowest BCUT2D eigenvalue weighted by molar-refractivity contribution is 0.0680. The van der Waals surface area contributed by atoms with E-state index >= 15 is 0 Å². The van der Waals surface area contributed by atoms with Gasteiger partial charge in [0, 0.05) is 54.8 Å². The molecule has 0 saturated carbocycles. The number of hydrogen-bond acceptors (Lipinski definition) is 7. The number of fused-ring (bicyclic) bond motifs is 2. The topological polar surface area (TPSA) is 118 Å². The first-order chi connectivity index (χ1) is 28.2. The Morgan fingerprint density at radius 3 is 1.93 bits per heavy atom. The summed E-state index contributed by atoms with van der Waals surface area (Å²) in [5, 5.41) is 27.5. The molecule has 0 radical (unpaired) electrons. The van der Waals surface area contributed by atoms with Crippen molar-refractivity contribution in [1.82, 2.24) is 0 Å². The molecule has 3 N–H and O–H groups in total. The molecule has 0 saturated heterocycles. The molecule has 0 aliphatic rings. The van der Waals surface area contributed by atoms with Gasteiger partial charge in [-0.3, -0.25) is 0 Å². The molecule has 0 aromatic heterocycles. The summed E-state index contributed by atoms with van der Waals surface area (Å²) in [6.07, 6.45) is 0.799. The number of nitrogens with one attached hydrogen (secondary N) is 1. The van der Waals surface area contributed by atoms with Crippen LogP contribution in [0.5, 0.6) is 11.5 Å². The number of ether oxygens (including phenoxy) is 3. The first kappa shape index (κ1) is 39.4. The van der Waals surface area contributed by atoms with Crippen molar-refractivity contribution in [1.29, 1.82) is 0 Å². The van der Waals surface area contributed by atoms with Gasteiger partial charge in [0.25, 0.3) is 0 Å². The van der Waals surface area contributed by atoms with Crippen molar-refractivity contribution >= 4 is 56.2 Å². The van der Waals surface area contributed by atoms with Gasteiger partial charge in [0.2, 0.25) is 0 Å². The van der Waals surface area contributed by atoms with Crippen LogP contribution in [0.2, 0.25) is 0 Å². The van der Waals surface area contributed by atoms with E-state index in [2.05, 4.69) is 48.3 Å². The third-order valence-electron chi connectivity index (χ3n) is 10.2. The van der Waals surface area contributed by atoms with E-state index in [0.29, 0.717) is 24.8 Å². The van der Waals surface area contributed by atoms with Crippen molar-refractivity contribution in [3.63, 3.8) is 0 Å². The van der Waals surface area contributed by atoms with Gasteiger partial charge >= 0.3 is 11.9 Å². The predicted octanol–water partition coefficient (Wildman–Crippen LogP) is 11.6. The van der Waals surface area contributed by atoms with Crippen LogP contribution in [0, 0.1) is 0 Å². The van der Waals surface area contributed by atoms with Gasteiger partial charge in [-0.1, -0.05) is 98.8 Å². The lowest BCUT2D eigenvalue weighted by atomic mass is 10.00. The van der Waals surface area contributed by atoms with E-state index in [-0.39, 0.29) is 35.8 Å². The fraction of sp³-hybridized carbons (Fsp3) is 0.184. The number of nitrogens with zero attached hydrogens (tertiary/aromatic N) is 1. The minimum Gasteiger partial charge on any atom is -0.488 e. The summed E-state index contributed by atoms with van der Waals surface area (Å²) in [4.78, 5) is 26.8. The summed E-state index contributed by atoms with van der Waals surface area (Å²) in [6, 6.07) is 44.7. The van der Waals surface area contributed by atoms with Crippen molar-refractivity contribution in [2.45, 2.75) is 39.4 Å². The van der Waals surface area contributed by atoms with E-state index in [1.165, 1.54) is 5.56 Å². The maximum absolute atomic E-state index is 12.5. The average molecular weight is 775 g/mol. The molecule has 7 rings (SSSR count). The van der Waals surface area contributed by atoms with Gasteiger partial charge in [-0.25, -0.2) is 9.59 Å². The third-order valence-corrected chi connectivity index (χ3v) is 10.2. The molecule has 0 atom stereocenters. The van der Waals surface area contributed by atoms with Crippen LogP contribution in [0.4, 0.5) is 22.7 Å². The fourth-order valence-electron chi connectivity index (χ4n) is 7.16. The summed E-state index contributed by atoms with van der Waals surface area (Å²) in [5.41, 5.74) is 6.34. The lowest BCUT2D eigenvalue weighted by Gasteiger charge is -2.28. The second kappa shape index (κ2) is 18.0. The number of benzene rings is 7. The van der Waals surface area contributed by atoms with Crippen LogP contribution in [0.3, 0.4) is 0 Å². The Morgan fingerprint density at radius 2 is 1.24 bits per heavy atom. The highest BCUT2D eigenvalue weighted by Gasteiger charge is 2.21. The minimum absolute atomic E-state index is 0.0615. The molecule has 294 valence electrons. The molecule has 7 aromatic rings. The Labute approximate surface area is 338 Å². The van der Waals surface area contributed by atoms with E-state index < -0.39 is 11.9 Å². The number of carboxylic acids is 2. The molecule has 9 heteroatoms. The zero-order chi connectivity index (χ0) is 40.6.